The highest BCUT2D eigenvalue weighted by molar-refractivity contribution is 6.28. The molecule has 0 bridgehead atoms. The number of carbonyl (C=O) groups is 1. The van der Waals surface area contributed by atoms with Gasteiger partial charge in [-0.15, -0.1) is 0 Å². The van der Waals surface area contributed by atoms with E-state index in [2.05, 4.69) is 20.3 Å². The second-order valence-corrected chi connectivity index (χ2v) is 2.71. The molecule has 0 aliphatic heterocycles. The third-order valence-electron chi connectivity index (χ3n) is 1.45. The van der Waals surface area contributed by atoms with Crippen LogP contribution in [0.25, 0.3) is 0 Å². The Morgan fingerprint density at radius 1 is 1.50 bits per heavy atom. The van der Waals surface area contributed by atoms with Crippen molar-refractivity contribution in [2.75, 3.05) is 24.3 Å². The van der Waals surface area contributed by atoms with Crippen LogP contribution in [0.2, 0.25) is 5.28 Å². The van der Waals surface area contributed by atoms with Crippen molar-refractivity contribution in [3.05, 3.63) is 5.28 Å². The summed E-state index contributed by atoms with van der Waals surface area (Å²) in [7, 11) is 3.06. The van der Waals surface area contributed by atoms with E-state index in [0.717, 1.165) is 4.90 Å². The summed E-state index contributed by atoms with van der Waals surface area (Å²) in [4.78, 5) is 23.2. The molecule has 0 aliphatic rings. The van der Waals surface area contributed by atoms with Crippen LogP contribution in [0.15, 0.2) is 0 Å². The number of carbonyl (C=O) groups excluding carboxylic acids is 1. The van der Waals surface area contributed by atoms with Crippen LogP contribution in [-0.2, 0) is 0 Å². The van der Waals surface area contributed by atoms with Gasteiger partial charge in [0.25, 0.3) is 0 Å². The van der Waals surface area contributed by atoms with Gasteiger partial charge in [0.1, 0.15) is 0 Å². The summed E-state index contributed by atoms with van der Waals surface area (Å²) < 4.78 is 0. The Morgan fingerprint density at radius 2 is 2.14 bits per heavy atom. The molecule has 0 saturated heterocycles. The van der Waals surface area contributed by atoms with Crippen LogP contribution in [0.4, 0.5) is 16.7 Å². The van der Waals surface area contributed by atoms with E-state index >= 15 is 0 Å². The second-order valence-electron chi connectivity index (χ2n) is 2.38. The number of nitrogens with one attached hydrogen (secondary N) is 1. The van der Waals surface area contributed by atoms with Gasteiger partial charge in [0.15, 0.2) is 0 Å². The van der Waals surface area contributed by atoms with Crippen LogP contribution in [0.3, 0.4) is 0 Å². The molecule has 14 heavy (non-hydrogen) atoms. The van der Waals surface area contributed by atoms with Gasteiger partial charge < -0.3 is 11.1 Å². The van der Waals surface area contributed by atoms with E-state index in [0.29, 0.717) is 0 Å². The molecule has 0 fully saturated rings. The Bertz CT molecular complexity index is 356. The summed E-state index contributed by atoms with van der Waals surface area (Å²) in [6.45, 7) is 0. The molecule has 1 heterocycles. The van der Waals surface area contributed by atoms with Gasteiger partial charge in [-0.25, -0.2) is 4.79 Å². The Kier molecular flexibility index (Phi) is 3.03. The molecule has 0 radical (unpaired) electrons. The molecule has 1 aromatic rings. The fourth-order valence-corrected chi connectivity index (χ4v) is 0.856. The molecule has 0 spiro atoms. The zero-order valence-electron chi connectivity index (χ0n) is 7.65. The summed E-state index contributed by atoms with van der Waals surface area (Å²) >= 11 is 5.60. The van der Waals surface area contributed by atoms with Crippen molar-refractivity contribution in [2.24, 2.45) is 5.73 Å². The summed E-state index contributed by atoms with van der Waals surface area (Å²) in [5.41, 5.74) is 5.03. The van der Waals surface area contributed by atoms with Crippen molar-refractivity contribution in [1.29, 1.82) is 0 Å². The molecule has 3 N–H and O–H groups in total. The van der Waals surface area contributed by atoms with Crippen molar-refractivity contribution in [3.63, 3.8) is 0 Å². The third-order valence-corrected chi connectivity index (χ3v) is 1.62. The van der Waals surface area contributed by atoms with Gasteiger partial charge in [0, 0.05) is 14.1 Å². The number of anilines is 2. The molecule has 0 aliphatic carbocycles. The van der Waals surface area contributed by atoms with Gasteiger partial charge in [-0.05, 0) is 11.6 Å². The van der Waals surface area contributed by atoms with Gasteiger partial charge >= 0.3 is 6.03 Å². The van der Waals surface area contributed by atoms with Crippen LogP contribution in [-0.4, -0.2) is 35.1 Å². The molecular weight excluding hydrogens is 208 g/mol. The van der Waals surface area contributed by atoms with Crippen molar-refractivity contribution >= 4 is 29.5 Å². The third kappa shape index (κ3) is 2.19. The van der Waals surface area contributed by atoms with Crippen LogP contribution in [0.1, 0.15) is 0 Å². The van der Waals surface area contributed by atoms with Crippen molar-refractivity contribution < 1.29 is 4.79 Å². The number of hydrogen-bond acceptors (Lipinski definition) is 5. The molecule has 0 unspecified atom stereocenters. The fraction of sp³-hybridized carbons (Fsp3) is 0.333. The van der Waals surface area contributed by atoms with E-state index in [-0.39, 0.29) is 17.2 Å². The lowest BCUT2D eigenvalue weighted by Crippen LogP contribution is -2.33. The first-order valence-corrected chi connectivity index (χ1v) is 4.05. The maximum atomic E-state index is 10.8. The molecule has 0 atom stereocenters. The first-order valence-electron chi connectivity index (χ1n) is 3.67. The zero-order chi connectivity index (χ0) is 10.7. The van der Waals surface area contributed by atoms with E-state index in [1.165, 1.54) is 7.05 Å². The van der Waals surface area contributed by atoms with Crippen LogP contribution >= 0.6 is 11.6 Å². The van der Waals surface area contributed by atoms with Crippen LogP contribution < -0.4 is 16.0 Å². The van der Waals surface area contributed by atoms with E-state index < -0.39 is 6.03 Å². The first kappa shape index (κ1) is 10.5. The molecule has 8 heteroatoms. The number of nitrogens with two attached hydrogens (primary N) is 1. The molecule has 1 rings (SSSR count). The number of hydrogen-bond donors (Lipinski definition) is 2. The predicted molar refractivity (Wildman–Crippen MR) is 52.4 cm³/mol. The summed E-state index contributed by atoms with van der Waals surface area (Å²) in [6, 6.07) is -0.672. The standard InChI is InChI=1S/C6H9ClN6O/c1-9-5-10-3(7)11-6(12-5)13(2)4(8)14/h1-2H3,(H2,8,14)(H,9,10,11,12). The monoisotopic (exact) mass is 216 g/mol. The van der Waals surface area contributed by atoms with Crippen molar-refractivity contribution in [3.8, 4) is 0 Å². The van der Waals surface area contributed by atoms with Crippen LogP contribution in [0.5, 0.6) is 0 Å². The molecule has 0 aromatic carbocycles. The first-order chi connectivity index (χ1) is 6.54. The summed E-state index contributed by atoms with van der Waals surface area (Å²) in [5, 5.41) is 2.67. The number of aromatic nitrogens is 3. The summed E-state index contributed by atoms with van der Waals surface area (Å²) in [5.74, 6) is 0.370. The number of rotatable bonds is 2. The largest absolute Gasteiger partial charge is 0.357 e. The van der Waals surface area contributed by atoms with E-state index in [9.17, 15) is 4.79 Å². The molecule has 76 valence electrons. The Hall–Kier alpha value is -1.63. The Morgan fingerprint density at radius 3 is 2.64 bits per heavy atom. The van der Waals surface area contributed by atoms with Gasteiger partial charge in [0.05, 0.1) is 0 Å². The molecular formula is C6H9ClN6O. The maximum absolute atomic E-state index is 10.8. The minimum absolute atomic E-state index is 0.00699. The predicted octanol–water partition coefficient (Wildman–Crippen LogP) is 0.0816. The lowest BCUT2D eigenvalue weighted by molar-refractivity contribution is 0.255. The average Bonchev–Trinajstić information content (AvgIpc) is 2.15. The highest BCUT2D eigenvalue weighted by Gasteiger charge is 2.12. The Balaban J connectivity index is 3.08. The minimum atomic E-state index is -0.672. The van der Waals surface area contributed by atoms with Gasteiger partial charge in [-0.2, -0.15) is 15.0 Å². The molecule has 7 nitrogen and oxygen atoms in total. The SMILES string of the molecule is CNc1nc(Cl)nc(N(C)C(N)=O)n1. The van der Waals surface area contributed by atoms with Gasteiger partial charge in [-0.3, -0.25) is 4.90 Å². The zero-order valence-corrected chi connectivity index (χ0v) is 8.41. The summed E-state index contributed by atoms with van der Waals surface area (Å²) in [6.07, 6.45) is 0. The highest BCUT2D eigenvalue weighted by atomic mass is 35.5. The molecule has 1 aromatic heterocycles. The normalized spacial score (nSPS) is 9.64. The van der Waals surface area contributed by atoms with E-state index in [1.54, 1.807) is 7.05 Å². The van der Waals surface area contributed by atoms with Crippen LogP contribution in [0, 0.1) is 0 Å². The van der Waals surface area contributed by atoms with E-state index in [1.807, 2.05) is 0 Å². The smallest absolute Gasteiger partial charge is 0.321 e. The number of amides is 2. The van der Waals surface area contributed by atoms with Crippen molar-refractivity contribution in [1.82, 2.24) is 15.0 Å². The Labute approximate surface area is 85.3 Å². The fourth-order valence-electron chi connectivity index (χ4n) is 0.700. The van der Waals surface area contributed by atoms with Gasteiger partial charge in [-0.1, -0.05) is 0 Å². The number of halogens is 1. The molecule has 2 amide bonds. The number of primary amides is 1. The number of urea groups is 1. The lowest BCUT2D eigenvalue weighted by atomic mass is 10.7. The van der Waals surface area contributed by atoms with Gasteiger partial charge in [0.2, 0.25) is 17.2 Å². The molecule has 0 saturated carbocycles. The highest BCUT2D eigenvalue weighted by Crippen LogP contribution is 2.11. The lowest BCUT2D eigenvalue weighted by Gasteiger charge is -2.12. The second kappa shape index (κ2) is 4.05. The number of nitrogens with zero attached hydrogens (tertiary/aromatic N) is 4. The minimum Gasteiger partial charge on any atom is -0.357 e. The quantitative estimate of drug-likeness (QED) is 0.730. The maximum Gasteiger partial charge on any atom is 0.321 e. The average molecular weight is 217 g/mol. The topological polar surface area (TPSA) is 97.0 Å². The van der Waals surface area contributed by atoms with E-state index in [4.69, 9.17) is 17.3 Å². The van der Waals surface area contributed by atoms with Crippen molar-refractivity contribution in [2.45, 2.75) is 0 Å².